The van der Waals surface area contributed by atoms with Crippen molar-refractivity contribution in [3.05, 3.63) is 42.4 Å². The molecule has 92 valence electrons. The van der Waals surface area contributed by atoms with E-state index in [1.165, 1.54) is 0 Å². The van der Waals surface area contributed by atoms with E-state index in [9.17, 15) is 0 Å². The summed E-state index contributed by atoms with van der Waals surface area (Å²) in [6.45, 7) is 2.13. The molecule has 19 heavy (non-hydrogen) atoms. The molecule has 3 rings (SSSR count). The van der Waals surface area contributed by atoms with Crippen LogP contribution in [0.15, 0.2) is 36.7 Å². The SMILES string of the molecule is Cc1nccnc1-c1nc2ccccc2n1CC#N. The Morgan fingerprint density at radius 2 is 2.00 bits per heavy atom. The van der Waals surface area contributed by atoms with Crippen LogP contribution in [0, 0.1) is 18.3 Å². The highest BCUT2D eigenvalue weighted by Gasteiger charge is 2.15. The van der Waals surface area contributed by atoms with Gasteiger partial charge in [0.15, 0.2) is 5.82 Å². The summed E-state index contributed by atoms with van der Waals surface area (Å²) in [7, 11) is 0. The van der Waals surface area contributed by atoms with Crippen LogP contribution >= 0.6 is 0 Å². The summed E-state index contributed by atoms with van der Waals surface area (Å²) in [5, 5.41) is 9.00. The van der Waals surface area contributed by atoms with E-state index in [0.29, 0.717) is 11.5 Å². The van der Waals surface area contributed by atoms with Gasteiger partial charge in [0.2, 0.25) is 0 Å². The number of rotatable bonds is 2. The largest absolute Gasteiger partial charge is 0.309 e. The van der Waals surface area contributed by atoms with Crippen LogP contribution in [0.4, 0.5) is 0 Å². The Balaban J connectivity index is 2.32. The lowest BCUT2D eigenvalue weighted by atomic mass is 10.3. The second kappa shape index (κ2) is 4.50. The third-order valence-corrected chi connectivity index (χ3v) is 2.98. The Bertz CT molecular complexity index is 782. The second-order valence-corrected chi connectivity index (χ2v) is 4.16. The molecule has 5 nitrogen and oxygen atoms in total. The molecule has 0 fully saturated rings. The number of aromatic nitrogens is 4. The maximum Gasteiger partial charge on any atom is 0.162 e. The van der Waals surface area contributed by atoms with Crippen molar-refractivity contribution < 1.29 is 0 Å². The van der Waals surface area contributed by atoms with E-state index in [1.54, 1.807) is 12.4 Å². The van der Waals surface area contributed by atoms with Crippen molar-refractivity contribution in [1.82, 2.24) is 19.5 Å². The van der Waals surface area contributed by atoms with Gasteiger partial charge in [0, 0.05) is 12.4 Å². The first-order valence-corrected chi connectivity index (χ1v) is 5.91. The molecule has 0 radical (unpaired) electrons. The zero-order chi connectivity index (χ0) is 13.2. The van der Waals surface area contributed by atoms with Gasteiger partial charge in [-0.2, -0.15) is 5.26 Å². The van der Waals surface area contributed by atoms with Gasteiger partial charge in [-0.3, -0.25) is 4.98 Å². The lowest BCUT2D eigenvalue weighted by Gasteiger charge is -2.05. The van der Waals surface area contributed by atoms with Crippen molar-refractivity contribution in [1.29, 1.82) is 5.26 Å². The summed E-state index contributed by atoms with van der Waals surface area (Å²) < 4.78 is 1.87. The van der Waals surface area contributed by atoms with Crippen LogP contribution in [-0.4, -0.2) is 19.5 Å². The smallest absolute Gasteiger partial charge is 0.162 e. The number of para-hydroxylation sites is 2. The summed E-state index contributed by atoms with van der Waals surface area (Å²) in [4.78, 5) is 13.1. The molecule has 0 atom stereocenters. The number of nitrogens with zero attached hydrogens (tertiary/aromatic N) is 5. The van der Waals surface area contributed by atoms with Crippen molar-refractivity contribution >= 4 is 11.0 Å². The number of nitriles is 1. The normalized spacial score (nSPS) is 10.5. The molecule has 3 aromatic rings. The number of hydrogen-bond acceptors (Lipinski definition) is 4. The summed E-state index contributed by atoms with van der Waals surface area (Å²) in [6, 6.07) is 9.91. The van der Waals surface area contributed by atoms with E-state index in [0.717, 1.165) is 16.7 Å². The van der Waals surface area contributed by atoms with E-state index in [4.69, 9.17) is 5.26 Å². The Kier molecular flexibility index (Phi) is 2.69. The summed E-state index contributed by atoms with van der Waals surface area (Å²) >= 11 is 0. The van der Waals surface area contributed by atoms with Gasteiger partial charge in [0.05, 0.1) is 22.8 Å². The van der Waals surface area contributed by atoms with E-state index in [2.05, 4.69) is 21.0 Å². The van der Waals surface area contributed by atoms with Crippen LogP contribution < -0.4 is 0 Å². The Morgan fingerprint density at radius 1 is 1.21 bits per heavy atom. The van der Waals surface area contributed by atoms with Crippen molar-refractivity contribution in [2.45, 2.75) is 13.5 Å². The van der Waals surface area contributed by atoms with Crippen molar-refractivity contribution in [3.8, 4) is 17.6 Å². The monoisotopic (exact) mass is 249 g/mol. The minimum atomic E-state index is 0.242. The fourth-order valence-electron chi connectivity index (χ4n) is 2.11. The van der Waals surface area contributed by atoms with Gasteiger partial charge in [-0.1, -0.05) is 12.1 Å². The first-order chi connectivity index (χ1) is 9.31. The molecule has 0 unspecified atom stereocenters. The van der Waals surface area contributed by atoms with Gasteiger partial charge in [-0.15, -0.1) is 0 Å². The first-order valence-electron chi connectivity index (χ1n) is 5.91. The summed E-state index contributed by atoms with van der Waals surface area (Å²) in [6.07, 6.45) is 3.29. The van der Waals surface area contributed by atoms with Crippen molar-refractivity contribution in [2.24, 2.45) is 0 Å². The van der Waals surface area contributed by atoms with Gasteiger partial charge in [-0.05, 0) is 19.1 Å². The van der Waals surface area contributed by atoms with Crippen molar-refractivity contribution in [2.75, 3.05) is 0 Å². The third-order valence-electron chi connectivity index (χ3n) is 2.98. The standard InChI is InChI=1S/C14H11N5/c1-10-13(17-8-7-16-10)14-18-11-4-2-3-5-12(11)19(14)9-6-15/h2-5,7-8H,9H2,1H3. The van der Waals surface area contributed by atoms with Crippen LogP contribution in [0.3, 0.4) is 0 Å². The zero-order valence-electron chi connectivity index (χ0n) is 10.4. The minimum absolute atomic E-state index is 0.242. The lowest BCUT2D eigenvalue weighted by Crippen LogP contribution is -2.02. The fourth-order valence-corrected chi connectivity index (χ4v) is 2.11. The zero-order valence-corrected chi connectivity index (χ0v) is 10.4. The summed E-state index contributed by atoms with van der Waals surface area (Å²) in [5.74, 6) is 0.688. The molecule has 2 heterocycles. The predicted octanol–water partition coefficient (Wildman–Crippen LogP) is 2.33. The third kappa shape index (κ3) is 1.83. The maximum absolute atomic E-state index is 9.00. The Hall–Kier alpha value is -2.74. The Morgan fingerprint density at radius 3 is 2.79 bits per heavy atom. The predicted molar refractivity (Wildman–Crippen MR) is 71.1 cm³/mol. The van der Waals surface area contributed by atoms with Crippen LogP contribution in [0.1, 0.15) is 5.69 Å². The fraction of sp³-hybridized carbons (Fsp3) is 0.143. The molecule has 0 amide bonds. The van der Waals surface area contributed by atoms with E-state index in [1.807, 2.05) is 35.8 Å². The van der Waals surface area contributed by atoms with Crippen LogP contribution in [-0.2, 0) is 6.54 Å². The number of fused-ring (bicyclic) bond motifs is 1. The number of benzene rings is 1. The van der Waals surface area contributed by atoms with E-state index in [-0.39, 0.29) is 6.54 Å². The van der Waals surface area contributed by atoms with Crippen LogP contribution in [0.5, 0.6) is 0 Å². The topological polar surface area (TPSA) is 67.4 Å². The van der Waals surface area contributed by atoms with Gasteiger partial charge >= 0.3 is 0 Å². The molecule has 0 saturated heterocycles. The second-order valence-electron chi connectivity index (χ2n) is 4.16. The molecule has 1 aromatic carbocycles. The quantitative estimate of drug-likeness (QED) is 0.699. The van der Waals surface area contributed by atoms with Gasteiger partial charge in [-0.25, -0.2) is 9.97 Å². The number of aryl methyl sites for hydroxylation is 1. The maximum atomic E-state index is 9.00. The summed E-state index contributed by atoms with van der Waals surface area (Å²) in [5.41, 5.74) is 3.31. The Labute approximate surface area is 110 Å². The average Bonchev–Trinajstić information content (AvgIpc) is 2.79. The molecule has 5 heteroatoms. The molecular formula is C14H11N5. The van der Waals surface area contributed by atoms with Gasteiger partial charge in [0.25, 0.3) is 0 Å². The molecule has 0 aliphatic rings. The van der Waals surface area contributed by atoms with Crippen LogP contribution in [0.2, 0.25) is 0 Å². The lowest BCUT2D eigenvalue weighted by molar-refractivity contribution is 0.861. The molecule has 0 saturated carbocycles. The number of imidazole rings is 1. The van der Waals surface area contributed by atoms with Crippen LogP contribution in [0.25, 0.3) is 22.6 Å². The molecule has 0 aliphatic carbocycles. The highest BCUT2D eigenvalue weighted by Crippen LogP contribution is 2.24. The molecule has 0 spiro atoms. The van der Waals surface area contributed by atoms with Crippen molar-refractivity contribution in [3.63, 3.8) is 0 Å². The molecule has 0 bridgehead atoms. The molecular weight excluding hydrogens is 238 g/mol. The number of hydrogen-bond donors (Lipinski definition) is 0. The van der Waals surface area contributed by atoms with E-state index >= 15 is 0 Å². The molecule has 0 aliphatic heterocycles. The molecule has 2 aromatic heterocycles. The van der Waals surface area contributed by atoms with Gasteiger partial charge in [0.1, 0.15) is 12.2 Å². The van der Waals surface area contributed by atoms with Gasteiger partial charge < -0.3 is 4.57 Å². The minimum Gasteiger partial charge on any atom is -0.309 e. The highest BCUT2D eigenvalue weighted by atomic mass is 15.1. The first kappa shape index (κ1) is 11.4. The molecule has 0 N–H and O–H groups in total. The highest BCUT2D eigenvalue weighted by molar-refractivity contribution is 5.80. The van der Waals surface area contributed by atoms with E-state index < -0.39 is 0 Å². The average molecular weight is 249 g/mol.